The fourth-order valence-electron chi connectivity index (χ4n) is 1.97. The minimum Gasteiger partial charge on any atom is -0.0801 e. The summed E-state index contributed by atoms with van der Waals surface area (Å²) in [6.45, 7) is 4.32. The maximum absolute atomic E-state index is 2.24. The summed E-state index contributed by atoms with van der Waals surface area (Å²) in [7, 11) is 0. The van der Waals surface area contributed by atoms with E-state index in [-0.39, 0.29) is 0 Å². The molecule has 0 saturated heterocycles. The van der Waals surface area contributed by atoms with Crippen LogP contribution < -0.4 is 0 Å². The summed E-state index contributed by atoms with van der Waals surface area (Å²) in [5.74, 6) is 0. The molecule has 0 bridgehead atoms. The number of benzene rings is 1. The lowest BCUT2D eigenvalue weighted by Gasteiger charge is -2.07. The summed E-state index contributed by atoms with van der Waals surface area (Å²) in [4.78, 5) is 0. The Morgan fingerprint density at radius 2 is 1.87 bits per heavy atom. The molecule has 15 heavy (non-hydrogen) atoms. The predicted molar refractivity (Wildman–Crippen MR) is 66.7 cm³/mol. The van der Waals surface area contributed by atoms with Gasteiger partial charge in [-0.2, -0.15) is 0 Å². The van der Waals surface area contributed by atoms with Gasteiger partial charge in [0.15, 0.2) is 0 Å². The second kappa shape index (κ2) is 4.31. The SMILES string of the molecule is CC1=C/C=CCc2ccccc2\C(C)=C\1. The van der Waals surface area contributed by atoms with Gasteiger partial charge in [0.2, 0.25) is 0 Å². The van der Waals surface area contributed by atoms with Crippen LogP contribution in [0.5, 0.6) is 0 Å². The van der Waals surface area contributed by atoms with Gasteiger partial charge in [0.1, 0.15) is 0 Å². The van der Waals surface area contributed by atoms with Crippen LogP contribution in [0.25, 0.3) is 5.57 Å². The Kier molecular flexibility index (Phi) is 2.86. The Labute approximate surface area is 91.6 Å². The van der Waals surface area contributed by atoms with E-state index in [2.05, 4.69) is 62.4 Å². The Bertz CT molecular complexity index is 445. The molecule has 0 radical (unpaired) electrons. The average Bonchev–Trinajstić information content (AvgIpc) is 2.30. The lowest BCUT2D eigenvalue weighted by Crippen LogP contribution is -1.89. The van der Waals surface area contributed by atoms with Gasteiger partial charge < -0.3 is 0 Å². The first-order valence-corrected chi connectivity index (χ1v) is 5.37. The van der Waals surface area contributed by atoms with Crippen molar-refractivity contribution in [3.05, 3.63) is 65.3 Å². The van der Waals surface area contributed by atoms with Gasteiger partial charge in [-0.05, 0) is 37.0 Å². The van der Waals surface area contributed by atoms with Crippen molar-refractivity contribution in [1.82, 2.24) is 0 Å². The largest absolute Gasteiger partial charge is 0.0801 e. The van der Waals surface area contributed by atoms with E-state index in [1.54, 1.807) is 0 Å². The van der Waals surface area contributed by atoms with E-state index < -0.39 is 0 Å². The lowest BCUT2D eigenvalue weighted by atomic mass is 9.98. The van der Waals surface area contributed by atoms with E-state index in [0.717, 1.165) is 6.42 Å². The first-order chi connectivity index (χ1) is 7.27. The molecule has 0 saturated carbocycles. The highest BCUT2D eigenvalue weighted by Gasteiger charge is 2.02. The summed E-state index contributed by atoms with van der Waals surface area (Å²) in [5.41, 5.74) is 5.44. The molecule has 0 fully saturated rings. The molecule has 0 aromatic heterocycles. The minimum atomic E-state index is 1.02. The van der Waals surface area contributed by atoms with Crippen LogP contribution in [-0.2, 0) is 6.42 Å². The molecule has 0 spiro atoms. The Hall–Kier alpha value is -1.56. The number of allylic oxidation sites excluding steroid dienone is 6. The molecule has 0 aliphatic heterocycles. The Morgan fingerprint density at radius 1 is 1.07 bits per heavy atom. The molecule has 0 heterocycles. The van der Waals surface area contributed by atoms with Crippen molar-refractivity contribution in [1.29, 1.82) is 0 Å². The maximum Gasteiger partial charge on any atom is -0.00883 e. The van der Waals surface area contributed by atoms with Crippen LogP contribution in [-0.4, -0.2) is 0 Å². The van der Waals surface area contributed by atoms with Crippen LogP contribution in [0.3, 0.4) is 0 Å². The highest BCUT2D eigenvalue weighted by atomic mass is 14.1. The predicted octanol–water partition coefficient (Wildman–Crippen LogP) is 4.15. The van der Waals surface area contributed by atoms with Crippen molar-refractivity contribution in [2.75, 3.05) is 0 Å². The molecule has 1 aromatic rings. The first-order valence-electron chi connectivity index (χ1n) is 5.37. The summed E-state index contributed by atoms with van der Waals surface area (Å²) >= 11 is 0. The van der Waals surface area contributed by atoms with Crippen LogP contribution in [0.2, 0.25) is 0 Å². The Balaban J connectivity index is 2.55. The van der Waals surface area contributed by atoms with Crippen LogP contribution in [0, 0.1) is 0 Å². The zero-order chi connectivity index (χ0) is 10.7. The highest BCUT2D eigenvalue weighted by Crippen LogP contribution is 2.22. The van der Waals surface area contributed by atoms with E-state index in [1.165, 1.54) is 22.3 Å². The zero-order valence-corrected chi connectivity index (χ0v) is 9.33. The number of hydrogen-bond acceptors (Lipinski definition) is 0. The summed E-state index contributed by atoms with van der Waals surface area (Å²) < 4.78 is 0. The number of hydrogen-bond donors (Lipinski definition) is 0. The standard InChI is InChI=1S/C15H16/c1-12-7-3-4-8-14-9-5-6-10-15(14)13(2)11-12/h3-7,9-11H,8H2,1-2H3/b4-3?,12-7-,13-11+. The molecule has 1 aliphatic carbocycles. The van der Waals surface area contributed by atoms with Gasteiger partial charge in [-0.3, -0.25) is 0 Å². The van der Waals surface area contributed by atoms with Crippen molar-refractivity contribution in [2.45, 2.75) is 20.3 Å². The fourth-order valence-corrected chi connectivity index (χ4v) is 1.97. The van der Waals surface area contributed by atoms with E-state index >= 15 is 0 Å². The molecule has 0 nitrogen and oxygen atoms in total. The molecule has 0 atom stereocenters. The lowest BCUT2D eigenvalue weighted by molar-refractivity contribution is 1.25. The van der Waals surface area contributed by atoms with Gasteiger partial charge in [-0.1, -0.05) is 54.1 Å². The molecule has 2 rings (SSSR count). The minimum absolute atomic E-state index is 1.02. The van der Waals surface area contributed by atoms with Gasteiger partial charge in [0.05, 0.1) is 0 Å². The summed E-state index contributed by atoms with van der Waals surface area (Å²) in [6, 6.07) is 8.63. The highest BCUT2D eigenvalue weighted by molar-refractivity contribution is 5.69. The molecule has 1 aromatic carbocycles. The second-order valence-corrected chi connectivity index (χ2v) is 4.03. The van der Waals surface area contributed by atoms with Crippen molar-refractivity contribution < 1.29 is 0 Å². The number of fused-ring (bicyclic) bond motifs is 1. The second-order valence-electron chi connectivity index (χ2n) is 4.03. The average molecular weight is 196 g/mol. The third-order valence-corrected chi connectivity index (χ3v) is 2.72. The zero-order valence-electron chi connectivity index (χ0n) is 9.33. The van der Waals surface area contributed by atoms with Crippen molar-refractivity contribution in [3.63, 3.8) is 0 Å². The van der Waals surface area contributed by atoms with E-state index in [9.17, 15) is 0 Å². The van der Waals surface area contributed by atoms with Gasteiger partial charge >= 0.3 is 0 Å². The van der Waals surface area contributed by atoms with Crippen molar-refractivity contribution in [3.8, 4) is 0 Å². The van der Waals surface area contributed by atoms with E-state index in [0.29, 0.717) is 0 Å². The van der Waals surface area contributed by atoms with E-state index in [4.69, 9.17) is 0 Å². The fraction of sp³-hybridized carbons (Fsp3) is 0.200. The molecular weight excluding hydrogens is 180 g/mol. The molecule has 0 N–H and O–H groups in total. The third-order valence-electron chi connectivity index (χ3n) is 2.72. The molecule has 76 valence electrons. The first kappa shape index (κ1) is 9.97. The molecule has 1 aliphatic rings. The Morgan fingerprint density at radius 3 is 2.73 bits per heavy atom. The van der Waals surface area contributed by atoms with Gasteiger partial charge in [-0.15, -0.1) is 0 Å². The quantitative estimate of drug-likeness (QED) is 0.584. The third kappa shape index (κ3) is 2.27. The van der Waals surface area contributed by atoms with Crippen molar-refractivity contribution >= 4 is 5.57 Å². The summed E-state index contributed by atoms with van der Waals surface area (Å²) in [6.07, 6.45) is 9.78. The number of rotatable bonds is 0. The van der Waals surface area contributed by atoms with Gasteiger partial charge in [0.25, 0.3) is 0 Å². The smallest absolute Gasteiger partial charge is 0.00883 e. The molecular formula is C15H16. The van der Waals surface area contributed by atoms with E-state index in [1.807, 2.05) is 0 Å². The van der Waals surface area contributed by atoms with Crippen LogP contribution in [0.15, 0.2) is 54.1 Å². The molecule has 0 amide bonds. The topological polar surface area (TPSA) is 0 Å². The van der Waals surface area contributed by atoms with Crippen LogP contribution in [0.1, 0.15) is 25.0 Å². The summed E-state index contributed by atoms with van der Waals surface area (Å²) in [5, 5.41) is 0. The van der Waals surface area contributed by atoms with Gasteiger partial charge in [-0.25, -0.2) is 0 Å². The van der Waals surface area contributed by atoms with Gasteiger partial charge in [0, 0.05) is 0 Å². The van der Waals surface area contributed by atoms with Crippen molar-refractivity contribution in [2.24, 2.45) is 0 Å². The maximum atomic E-state index is 2.24. The molecule has 0 unspecified atom stereocenters. The van der Waals surface area contributed by atoms with Crippen LogP contribution in [0.4, 0.5) is 0 Å². The normalized spacial score (nSPS) is 22.5. The van der Waals surface area contributed by atoms with Crippen LogP contribution >= 0.6 is 0 Å². The molecule has 0 heteroatoms. The monoisotopic (exact) mass is 196 g/mol.